The highest BCUT2D eigenvalue weighted by atomic mass is 15.3. The molecule has 0 amide bonds. The van der Waals surface area contributed by atoms with Gasteiger partial charge in [0.1, 0.15) is 0 Å². The van der Waals surface area contributed by atoms with Gasteiger partial charge in [0.15, 0.2) is 0 Å². The highest BCUT2D eigenvalue weighted by molar-refractivity contribution is 5.47. The molecular formula is C13H14N2. The van der Waals surface area contributed by atoms with Crippen molar-refractivity contribution in [2.24, 2.45) is 0 Å². The molecular weight excluding hydrogens is 184 g/mol. The van der Waals surface area contributed by atoms with E-state index in [4.69, 9.17) is 0 Å². The Hall–Kier alpha value is -1.83. The van der Waals surface area contributed by atoms with Gasteiger partial charge in [0.25, 0.3) is 0 Å². The summed E-state index contributed by atoms with van der Waals surface area (Å²) in [4.78, 5) is 0. The van der Waals surface area contributed by atoms with E-state index in [1.54, 1.807) is 0 Å². The van der Waals surface area contributed by atoms with Crippen molar-refractivity contribution in [1.82, 2.24) is 9.78 Å². The van der Waals surface area contributed by atoms with Gasteiger partial charge >= 0.3 is 0 Å². The summed E-state index contributed by atoms with van der Waals surface area (Å²) >= 11 is 0. The fraction of sp³-hybridized carbons (Fsp3) is 0.154. The molecule has 0 bridgehead atoms. The smallest absolute Gasteiger partial charge is 0.0854 e. The van der Waals surface area contributed by atoms with E-state index in [1.807, 2.05) is 47.3 Å². The third-order valence-electron chi connectivity index (χ3n) is 2.07. The number of allylic oxidation sites excluding steroid dienone is 1. The van der Waals surface area contributed by atoms with Crippen LogP contribution in [0.25, 0.3) is 11.8 Å². The van der Waals surface area contributed by atoms with Gasteiger partial charge in [-0.2, -0.15) is 5.10 Å². The fourth-order valence-electron chi connectivity index (χ4n) is 1.44. The van der Waals surface area contributed by atoms with Gasteiger partial charge in [-0.1, -0.05) is 23.8 Å². The molecule has 0 saturated heterocycles. The van der Waals surface area contributed by atoms with E-state index in [0.29, 0.717) is 0 Å². The third-order valence-corrected chi connectivity index (χ3v) is 2.07. The van der Waals surface area contributed by atoms with Crippen LogP contribution in [0, 0.1) is 0 Å². The van der Waals surface area contributed by atoms with Gasteiger partial charge in [0, 0.05) is 6.20 Å². The topological polar surface area (TPSA) is 17.8 Å². The van der Waals surface area contributed by atoms with Crippen molar-refractivity contribution in [3.8, 4) is 5.69 Å². The minimum atomic E-state index is 0.999. The number of rotatable bonds is 2. The molecule has 2 rings (SSSR count). The largest absolute Gasteiger partial charge is 0.240 e. The SMILES string of the molecule is CC(C)=Cc1ccn(-c2ccccc2)n1. The van der Waals surface area contributed by atoms with Crippen LogP contribution in [0.5, 0.6) is 0 Å². The number of aromatic nitrogens is 2. The van der Waals surface area contributed by atoms with E-state index in [2.05, 4.69) is 25.0 Å². The molecule has 0 unspecified atom stereocenters. The molecule has 2 nitrogen and oxygen atoms in total. The van der Waals surface area contributed by atoms with Crippen LogP contribution in [0.15, 0.2) is 48.2 Å². The van der Waals surface area contributed by atoms with E-state index in [9.17, 15) is 0 Å². The molecule has 2 heteroatoms. The zero-order valence-electron chi connectivity index (χ0n) is 9.01. The summed E-state index contributed by atoms with van der Waals surface area (Å²) in [6.45, 7) is 4.14. The molecule has 0 aliphatic heterocycles. The van der Waals surface area contributed by atoms with Crippen LogP contribution in [0.3, 0.4) is 0 Å². The number of hydrogen-bond donors (Lipinski definition) is 0. The van der Waals surface area contributed by atoms with Crippen molar-refractivity contribution in [2.45, 2.75) is 13.8 Å². The van der Waals surface area contributed by atoms with Gasteiger partial charge in [-0.15, -0.1) is 0 Å². The Labute approximate surface area is 89.9 Å². The van der Waals surface area contributed by atoms with E-state index in [0.717, 1.165) is 11.4 Å². The molecule has 2 aromatic rings. The van der Waals surface area contributed by atoms with Crippen LogP contribution in [0.2, 0.25) is 0 Å². The normalized spacial score (nSPS) is 10.0. The first-order valence-corrected chi connectivity index (χ1v) is 5.02. The lowest BCUT2D eigenvalue weighted by atomic mass is 10.3. The molecule has 0 spiro atoms. The first-order chi connectivity index (χ1) is 7.25. The lowest BCUT2D eigenvalue weighted by Gasteiger charge is -1.98. The van der Waals surface area contributed by atoms with Crippen molar-refractivity contribution in [2.75, 3.05) is 0 Å². The van der Waals surface area contributed by atoms with Crippen LogP contribution in [-0.4, -0.2) is 9.78 Å². The highest BCUT2D eigenvalue weighted by Gasteiger charge is 1.97. The third kappa shape index (κ3) is 2.34. The Balaban J connectivity index is 2.32. The summed E-state index contributed by atoms with van der Waals surface area (Å²) in [5, 5.41) is 4.46. The summed E-state index contributed by atoms with van der Waals surface area (Å²) in [5.74, 6) is 0. The van der Waals surface area contributed by atoms with Crippen molar-refractivity contribution in [3.05, 3.63) is 53.9 Å². The number of nitrogens with zero attached hydrogens (tertiary/aromatic N) is 2. The average molecular weight is 198 g/mol. The molecule has 0 radical (unpaired) electrons. The lowest BCUT2D eigenvalue weighted by Crippen LogP contribution is -1.93. The van der Waals surface area contributed by atoms with Crippen LogP contribution < -0.4 is 0 Å². The summed E-state index contributed by atoms with van der Waals surface area (Å²) in [6.07, 6.45) is 4.05. The Morgan fingerprint density at radius 3 is 2.53 bits per heavy atom. The van der Waals surface area contributed by atoms with Crippen molar-refractivity contribution >= 4 is 6.08 Å². The predicted octanol–water partition coefficient (Wildman–Crippen LogP) is 3.30. The molecule has 0 aliphatic rings. The second kappa shape index (κ2) is 4.13. The number of hydrogen-bond acceptors (Lipinski definition) is 1. The van der Waals surface area contributed by atoms with Gasteiger partial charge < -0.3 is 0 Å². The van der Waals surface area contributed by atoms with Gasteiger partial charge in [0.05, 0.1) is 11.4 Å². The molecule has 1 aromatic carbocycles. The molecule has 0 saturated carbocycles. The molecule has 0 fully saturated rings. The molecule has 1 heterocycles. The van der Waals surface area contributed by atoms with Crippen LogP contribution in [0.4, 0.5) is 0 Å². The maximum Gasteiger partial charge on any atom is 0.0854 e. The monoisotopic (exact) mass is 198 g/mol. The molecule has 0 atom stereocenters. The van der Waals surface area contributed by atoms with Gasteiger partial charge in [-0.3, -0.25) is 0 Å². The maximum absolute atomic E-state index is 4.46. The molecule has 0 N–H and O–H groups in total. The minimum Gasteiger partial charge on any atom is -0.240 e. The Morgan fingerprint density at radius 1 is 1.13 bits per heavy atom. The summed E-state index contributed by atoms with van der Waals surface area (Å²) < 4.78 is 1.88. The Bertz CT molecular complexity index is 462. The number of benzene rings is 1. The van der Waals surface area contributed by atoms with E-state index in [1.165, 1.54) is 5.57 Å². The second-order valence-electron chi connectivity index (χ2n) is 3.74. The Morgan fingerprint density at radius 2 is 1.87 bits per heavy atom. The summed E-state index contributed by atoms with van der Waals surface area (Å²) in [6, 6.07) is 12.1. The van der Waals surface area contributed by atoms with Crippen molar-refractivity contribution in [3.63, 3.8) is 0 Å². The van der Waals surface area contributed by atoms with Crippen molar-refractivity contribution in [1.29, 1.82) is 0 Å². The molecule has 15 heavy (non-hydrogen) atoms. The fourth-order valence-corrected chi connectivity index (χ4v) is 1.44. The predicted molar refractivity (Wildman–Crippen MR) is 62.9 cm³/mol. The zero-order chi connectivity index (χ0) is 10.7. The molecule has 76 valence electrons. The quantitative estimate of drug-likeness (QED) is 0.724. The zero-order valence-corrected chi connectivity index (χ0v) is 9.01. The number of para-hydroxylation sites is 1. The van der Waals surface area contributed by atoms with Crippen LogP contribution in [-0.2, 0) is 0 Å². The van der Waals surface area contributed by atoms with Crippen LogP contribution >= 0.6 is 0 Å². The van der Waals surface area contributed by atoms with Gasteiger partial charge in [-0.05, 0) is 38.1 Å². The van der Waals surface area contributed by atoms with E-state index in [-0.39, 0.29) is 0 Å². The lowest BCUT2D eigenvalue weighted by molar-refractivity contribution is 0.875. The van der Waals surface area contributed by atoms with Gasteiger partial charge in [-0.25, -0.2) is 4.68 Å². The standard InChI is InChI=1S/C13H14N2/c1-11(2)10-12-8-9-15(14-12)13-6-4-3-5-7-13/h3-10H,1-2H3. The molecule has 0 aliphatic carbocycles. The average Bonchev–Trinajstić information content (AvgIpc) is 2.67. The second-order valence-corrected chi connectivity index (χ2v) is 3.74. The molecule has 1 aromatic heterocycles. The minimum absolute atomic E-state index is 0.999. The Kier molecular flexibility index (Phi) is 2.68. The van der Waals surface area contributed by atoms with Gasteiger partial charge in [0.2, 0.25) is 0 Å². The van der Waals surface area contributed by atoms with E-state index >= 15 is 0 Å². The first-order valence-electron chi connectivity index (χ1n) is 5.02. The van der Waals surface area contributed by atoms with Crippen LogP contribution in [0.1, 0.15) is 19.5 Å². The highest BCUT2D eigenvalue weighted by Crippen LogP contribution is 2.08. The van der Waals surface area contributed by atoms with E-state index < -0.39 is 0 Å². The summed E-state index contributed by atoms with van der Waals surface area (Å²) in [7, 11) is 0. The summed E-state index contributed by atoms with van der Waals surface area (Å²) in [5.41, 5.74) is 3.35. The first kappa shape index (κ1) is 9.71. The maximum atomic E-state index is 4.46. The van der Waals surface area contributed by atoms with Crippen molar-refractivity contribution < 1.29 is 0 Å².